The van der Waals surface area contributed by atoms with E-state index in [0.717, 1.165) is 46.3 Å². The molecule has 0 saturated heterocycles. The summed E-state index contributed by atoms with van der Waals surface area (Å²) >= 11 is 0. The van der Waals surface area contributed by atoms with Crippen LogP contribution in [0.15, 0.2) is 53.8 Å². The molecule has 2 heterocycles. The van der Waals surface area contributed by atoms with Gasteiger partial charge in [0.05, 0.1) is 28.1 Å². The second-order valence-electron chi connectivity index (χ2n) is 8.69. The van der Waals surface area contributed by atoms with Crippen LogP contribution in [-0.4, -0.2) is 19.1 Å². The molecule has 2 aromatic carbocycles. The van der Waals surface area contributed by atoms with Crippen LogP contribution in [0.25, 0.3) is 28.1 Å². The Morgan fingerprint density at radius 2 is 1.73 bits per heavy atom. The van der Waals surface area contributed by atoms with E-state index in [4.69, 9.17) is 4.98 Å². The van der Waals surface area contributed by atoms with Gasteiger partial charge in [0.25, 0.3) is 0 Å². The molecule has 0 radical (unpaired) electrons. The summed E-state index contributed by atoms with van der Waals surface area (Å²) in [6, 6.07) is 14.1. The third-order valence-electron chi connectivity index (χ3n) is 5.73. The summed E-state index contributed by atoms with van der Waals surface area (Å²) in [5, 5.41) is 0. The van der Waals surface area contributed by atoms with Gasteiger partial charge in [-0.25, -0.2) is 9.78 Å². The van der Waals surface area contributed by atoms with Crippen LogP contribution < -0.4 is 5.69 Å². The fourth-order valence-corrected chi connectivity index (χ4v) is 4.21. The molecule has 0 aliphatic carbocycles. The molecule has 4 aromatic rings. The van der Waals surface area contributed by atoms with Crippen LogP contribution in [0.4, 0.5) is 0 Å². The monoisotopic (exact) mass is 402 g/mol. The van der Waals surface area contributed by atoms with Gasteiger partial charge in [-0.05, 0) is 62.4 Å². The normalized spacial score (nSPS) is 13.0. The predicted molar refractivity (Wildman–Crippen MR) is 125 cm³/mol. The molecule has 2 aromatic heterocycles. The Morgan fingerprint density at radius 1 is 1.03 bits per heavy atom. The molecule has 0 aliphatic rings. The molecule has 0 saturated carbocycles. The second kappa shape index (κ2) is 7.98. The first kappa shape index (κ1) is 20.2. The highest BCUT2D eigenvalue weighted by Crippen LogP contribution is 2.29. The molecule has 0 spiro atoms. The highest BCUT2D eigenvalue weighted by Gasteiger charge is 2.25. The molecule has 30 heavy (non-hydrogen) atoms. The van der Waals surface area contributed by atoms with Crippen molar-refractivity contribution >= 4 is 28.1 Å². The van der Waals surface area contributed by atoms with E-state index in [1.54, 1.807) is 0 Å². The lowest BCUT2D eigenvalue weighted by molar-refractivity contribution is 0.438. The molecule has 1 N–H and O–H groups in total. The van der Waals surface area contributed by atoms with Crippen LogP contribution in [-0.2, 0) is 0 Å². The number of rotatable bonds is 7. The van der Waals surface area contributed by atoms with Gasteiger partial charge in [0.1, 0.15) is 5.82 Å². The number of H-pyrrole nitrogens is 1. The van der Waals surface area contributed by atoms with Gasteiger partial charge in [0.15, 0.2) is 0 Å². The second-order valence-corrected chi connectivity index (χ2v) is 8.69. The molecule has 156 valence electrons. The number of para-hydroxylation sites is 2. The van der Waals surface area contributed by atoms with Gasteiger partial charge >= 0.3 is 5.69 Å². The fraction of sp³-hybridized carbons (Fsp3) is 0.360. The van der Waals surface area contributed by atoms with Gasteiger partial charge in [0.2, 0.25) is 0 Å². The van der Waals surface area contributed by atoms with E-state index in [0.29, 0.717) is 5.92 Å². The first-order chi connectivity index (χ1) is 14.4. The van der Waals surface area contributed by atoms with Gasteiger partial charge < -0.3 is 4.98 Å². The molecular weight excluding hydrogens is 372 g/mol. The van der Waals surface area contributed by atoms with Crippen LogP contribution in [0, 0.1) is 5.92 Å². The van der Waals surface area contributed by atoms with Crippen molar-refractivity contribution in [3.63, 3.8) is 0 Å². The smallest absolute Gasteiger partial charge is 0.330 e. The van der Waals surface area contributed by atoms with E-state index < -0.39 is 0 Å². The molecule has 1 atom stereocenters. The number of benzene rings is 2. The average molecular weight is 403 g/mol. The first-order valence-electron chi connectivity index (χ1n) is 10.7. The van der Waals surface area contributed by atoms with Crippen LogP contribution in [0.3, 0.4) is 0 Å². The minimum atomic E-state index is -0.149. The molecule has 0 fully saturated rings. The number of aromatic amines is 1. The minimum Gasteiger partial charge on any atom is -0.340 e. The number of nitrogens with one attached hydrogen (secondary N) is 1. The largest absolute Gasteiger partial charge is 0.340 e. The Morgan fingerprint density at radius 3 is 2.37 bits per heavy atom. The summed E-state index contributed by atoms with van der Waals surface area (Å²) in [6.07, 6.45) is 3.68. The third-order valence-corrected chi connectivity index (χ3v) is 5.73. The summed E-state index contributed by atoms with van der Waals surface area (Å²) in [6.45, 7) is 12.4. The van der Waals surface area contributed by atoms with Crippen LogP contribution >= 0.6 is 0 Å². The molecule has 4 rings (SSSR count). The molecule has 1 unspecified atom stereocenters. The zero-order valence-electron chi connectivity index (χ0n) is 18.2. The number of fused-ring (bicyclic) bond motifs is 2. The quantitative estimate of drug-likeness (QED) is 0.416. The van der Waals surface area contributed by atoms with Crippen molar-refractivity contribution in [2.75, 3.05) is 0 Å². The maximum absolute atomic E-state index is 13.6. The lowest BCUT2D eigenvalue weighted by atomic mass is 10.0. The number of hydrogen-bond acceptors (Lipinski definition) is 2. The zero-order chi connectivity index (χ0) is 21.4. The van der Waals surface area contributed by atoms with Crippen LogP contribution in [0.1, 0.15) is 64.0 Å². The van der Waals surface area contributed by atoms with E-state index in [2.05, 4.69) is 45.3 Å². The Kier molecular flexibility index (Phi) is 5.37. The number of nitrogens with zero attached hydrogens (tertiary/aromatic N) is 3. The lowest BCUT2D eigenvalue weighted by Gasteiger charge is -2.18. The average Bonchev–Trinajstić information content (AvgIpc) is 3.26. The first-order valence-corrected chi connectivity index (χ1v) is 10.7. The Labute approximate surface area is 177 Å². The summed E-state index contributed by atoms with van der Waals surface area (Å²) in [4.78, 5) is 22.0. The Bertz CT molecular complexity index is 1260. The summed E-state index contributed by atoms with van der Waals surface area (Å²) in [5.74, 6) is 1.37. The SMILES string of the molecule is C=Cc1ccc2nc(C(CCC(C)C)n3c(=O)n(C(C)C)c4ccccc43)[nH]c2c1. The fourth-order valence-electron chi connectivity index (χ4n) is 4.21. The van der Waals surface area contributed by atoms with Crippen molar-refractivity contribution in [2.45, 2.75) is 52.6 Å². The van der Waals surface area contributed by atoms with Crippen LogP contribution in [0.2, 0.25) is 0 Å². The Hall–Kier alpha value is -3.08. The number of imidazole rings is 2. The highest BCUT2D eigenvalue weighted by molar-refractivity contribution is 5.79. The van der Waals surface area contributed by atoms with Crippen molar-refractivity contribution in [1.29, 1.82) is 0 Å². The van der Waals surface area contributed by atoms with Crippen molar-refractivity contribution in [3.8, 4) is 0 Å². The molecule has 5 heteroatoms. The van der Waals surface area contributed by atoms with E-state index in [9.17, 15) is 4.79 Å². The molecule has 0 amide bonds. The zero-order valence-corrected chi connectivity index (χ0v) is 18.2. The molecule has 0 aliphatic heterocycles. The van der Waals surface area contributed by atoms with E-state index in [1.807, 2.05) is 51.6 Å². The molecular formula is C25H30N4O. The Balaban J connectivity index is 1.94. The van der Waals surface area contributed by atoms with Crippen molar-refractivity contribution < 1.29 is 0 Å². The van der Waals surface area contributed by atoms with Gasteiger partial charge in [-0.15, -0.1) is 0 Å². The standard InChI is InChI=1S/C25H30N4O/c1-6-18-12-13-19-20(15-18)27-24(26-19)23(14-11-16(2)3)29-22-10-8-7-9-21(22)28(17(4)5)25(29)30/h6-10,12-13,15-17,23H,1,11,14H2,2-5H3,(H,26,27). The van der Waals surface area contributed by atoms with Crippen molar-refractivity contribution in [3.05, 3.63) is 70.9 Å². The summed E-state index contributed by atoms with van der Waals surface area (Å²) in [7, 11) is 0. The van der Waals surface area contributed by atoms with Gasteiger partial charge in [-0.1, -0.05) is 44.7 Å². The maximum atomic E-state index is 13.6. The predicted octanol–water partition coefficient (Wildman–Crippen LogP) is 5.93. The van der Waals surface area contributed by atoms with Crippen molar-refractivity contribution in [1.82, 2.24) is 19.1 Å². The summed E-state index contributed by atoms with van der Waals surface area (Å²) < 4.78 is 3.82. The van der Waals surface area contributed by atoms with E-state index >= 15 is 0 Å². The highest BCUT2D eigenvalue weighted by atomic mass is 16.1. The van der Waals surface area contributed by atoms with Crippen LogP contribution in [0.5, 0.6) is 0 Å². The summed E-state index contributed by atoms with van der Waals surface area (Å²) in [5.41, 5.74) is 4.87. The van der Waals surface area contributed by atoms with Gasteiger partial charge in [-0.3, -0.25) is 9.13 Å². The maximum Gasteiger partial charge on any atom is 0.330 e. The van der Waals surface area contributed by atoms with Crippen molar-refractivity contribution in [2.24, 2.45) is 5.92 Å². The van der Waals surface area contributed by atoms with E-state index in [1.165, 1.54) is 0 Å². The molecule has 0 bridgehead atoms. The lowest BCUT2D eigenvalue weighted by Crippen LogP contribution is -2.29. The van der Waals surface area contributed by atoms with E-state index in [-0.39, 0.29) is 17.8 Å². The minimum absolute atomic E-state index is 0.0205. The number of aromatic nitrogens is 4. The topological polar surface area (TPSA) is 55.6 Å². The molecule has 5 nitrogen and oxygen atoms in total. The number of hydrogen-bond donors (Lipinski definition) is 1. The van der Waals surface area contributed by atoms with Gasteiger partial charge in [-0.2, -0.15) is 0 Å². The third kappa shape index (κ3) is 3.49. The van der Waals surface area contributed by atoms with Gasteiger partial charge in [0, 0.05) is 6.04 Å².